The highest BCUT2D eigenvalue weighted by molar-refractivity contribution is 6.02. The SMILES string of the molecule is CCCC(=O)NCC(=O)c1c(C)c(C)cc(C)c1C. The van der Waals surface area contributed by atoms with Gasteiger partial charge in [-0.1, -0.05) is 13.0 Å². The third kappa shape index (κ3) is 3.66. The van der Waals surface area contributed by atoms with Crippen molar-refractivity contribution in [3.63, 3.8) is 0 Å². The Kier molecular flexibility index (Phi) is 5.28. The van der Waals surface area contributed by atoms with Crippen molar-refractivity contribution >= 4 is 11.7 Å². The van der Waals surface area contributed by atoms with Crippen molar-refractivity contribution < 1.29 is 9.59 Å². The number of benzene rings is 1. The summed E-state index contributed by atoms with van der Waals surface area (Å²) in [6.07, 6.45) is 1.26. The third-order valence-corrected chi connectivity index (χ3v) is 3.57. The molecule has 0 heterocycles. The molecule has 0 saturated heterocycles. The highest BCUT2D eigenvalue weighted by atomic mass is 16.2. The Bertz CT molecular complexity index is 478. The first-order valence-corrected chi connectivity index (χ1v) is 6.75. The van der Waals surface area contributed by atoms with E-state index in [1.807, 2.05) is 34.6 Å². The molecule has 0 aliphatic rings. The van der Waals surface area contributed by atoms with Gasteiger partial charge < -0.3 is 5.32 Å². The van der Waals surface area contributed by atoms with E-state index >= 15 is 0 Å². The monoisotopic (exact) mass is 261 g/mol. The fourth-order valence-corrected chi connectivity index (χ4v) is 2.22. The number of rotatable bonds is 5. The standard InChI is InChI=1S/C16H23NO2/c1-6-7-15(19)17-9-14(18)16-12(4)10(2)8-11(3)13(16)5/h8H,6-7,9H2,1-5H3,(H,17,19). The topological polar surface area (TPSA) is 46.2 Å². The minimum atomic E-state index is -0.0597. The predicted octanol–water partition coefficient (Wildman–Crippen LogP) is 3.02. The van der Waals surface area contributed by atoms with Gasteiger partial charge in [0.25, 0.3) is 0 Å². The molecule has 3 nitrogen and oxygen atoms in total. The molecule has 3 heteroatoms. The maximum Gasteiger partial charge on any atom is 0.220 e. The molecule has 0 aliphatic carbocycles. The molecule has 0 saturated carbocycles. The summed E-state index contributed by atoms with van der Waals surface area (Å²) in [6.45, 7) is 9.97. The van der Waals surface area contributed by atoms with Gasteiger partial charge in [-0.25, -0.2) is 0 Å². The van der Waals surface area contributed by atoms with Crippen LogP contribution in [0.5, 0.6) is 0 Å². The number of hydrogen-bond acceptors (Lipinski definition) is 2. The van der Waals surface area contributed by atoms with Gasteiger partial charge in [-0.2, -0.15) is 0 Å². The van der Waals surface area contributed by atoms with E-state index in [-0.39, 0.29) is 18.2 Å². The van der Waals surface area contributed by atoms with Gasteiger partial charge in [0.1, 0.15) is 0 Å². The number of carbonyl (C=O) groups excluding carboxylic acids is 2. The van der Waals surface area contributed by atoms with Crippen LogP contribution in [0.4, 0.5) is 0 Å². The van der Waals surface area contributed by atoms with Crippen LogP contribution in [-0.2, 0) is 4.79 Å². The molecule has 0 aromatic heterocycles. The van der Waals surface area contributed by atoms with Gasteiger partial charge >= 0.3 is 0 Å². The van der Waals surface area contributed by atoms with Gasteiger partial charge in [0.2, 0.25) is 5.91 Å². The molecule has 1 aromatic rings. The van der Waals surface area contributed by atoms with Crippen LogP contribution in [0.2, 0.25) is 0 Å². The van der Waals surface area contributed by atoms with Crippen LogP contribution in [0.15, 0.2) is 6.07 Å². The molecular weight excluding hydrogens is 238 g/mol. The van der Waals surface area contributed by atoms with E-state index in [9.17, 15) is 9.59 Å². The third-order valence-electron chi connectivity index (χ3n) is 3.57. The maximum absolute atomic E-state index is 12.3. The molecule has 0 bridgehead atoms. The zero-order valence-corrected chi connectivity index (χ0v) is 12.5. The predicted molar refractivity (Wildman–Crippen MR) is 77.6 cm³/mol. The quantitative estimate of drug-likeness (QED) is 0.828. The Morgan fingerprint density at radius 3 is 2.05 bits per heavy atom. The van der Waals surface area contributed by atoms with E-state index in [1.54, 1.807) is 0 Å². The lowest BCUT2D eigenvalue weighted by molar-refractivity contribution is -0.120. The highest BCUT2D eigenvalue weighted by Gasteiger charge is 2.16. The molecule has 19 heavy (non-hydrogen) atoms. The van der Waals surface area contributed by atoms with E-state index in [0.717, 1.165) is 34.2 Å². The Balaban J connectivity index is 2.91. The summed E-state index contributed by atoms with van der Waals surface area (Å²) in [5.74, 6) is -0.0678. The molecule has 1 rings (SSSR count). The van der Waals surface area contributed by atoms with E-state index in [1.165, 1.54) is 0 Å². The molecule has 0 fully saturated rings. The van der Waals surface area contributed by atoms with Crippen LogP contribution >= 0.6 is 0 Å². The minimum Gasteiger partial charge on any atom is -0.349 e. The second-order valence-electron chi connectivity index (χ2n) is 5.09. The van der Waals surface area contributed by atoms with Crippen molar-refractivity contribution in [2.45, 2.75) is 47.5 Å². The Hall–Kier alpha value is -1.64. The van der Waals surface area contributed by atoms with Crippen LogP contribution in [0.1, 0.15) is 52.4 Å². The summed E-state index contributed by atoms with van der Waals surface area (Å²) in [6, 6.07) is 2.09. The number of Topliss-reactive ketones (excluding diaryl/α,β-unsaturated/α-hetero) is 1. The molecule has 0 spiro atoms. The normalized spacial score (nSPS) is 10.4. The smallest absolute Gasteiger partial charge is 0.220 e. The van der Waals surface area contributed by atoms with Gasteiger partial charge in [-0.15, -0.1) is 0 Å². The van der Waals surface area contributed by atoms with E-state index in [4.69, 9.17) is 0 Å². The average molecular weight is 261 g/mol. The van der Waals surface area contributed by atoms with Gasteiger partial charge in [0.15, 0.2) is 5.78 Å². The van der Waals surface area contributed by atoms with Gasteiger partial charge in [0.05, 0.1) is 6.54 Å². The summed E-state index contributed by atoms with van der Waals surface area (Å²) in [5.41, 5.74) is 5.02. The van der Waals surface area contributed by atoms with Crippen molar-refractivity contribution in [1.29, 1.82) is 0 Å². The largest absolute Gasteiger partial charge is 0.349 e. The van der Waals surface area contributed by atoms with E-state index in [0.29, 0.717) is 6.42 Å². The fourth-order valence-electron chi connectivity index (χ4n) is 2.22. The Morgan fingerprint density at radius 2 is 1.58 bits per heavy atom. The molecular formula is C16H23NO2. The summed E-state index contributed by atoms with van der Waals surface area (Å²) in [7, 11) is 0. The van der Waals surface area contributed by atoms with Crippen LogP contribution in [0.25, 0.3) is 0 Å². The summed E-state index contributed by atoms with van der Waals surface area (Å²) in [4.78, 5) is 23.7. The van der Waals surface area contributed by atoms with Gasteiger partial charge in [-0.3, -0.25) is 9.59 Å². The second kappa shape index (κ2) is 6.50. The molecule has 104 valence electrons. The van der Waals surface area contributed by atoms with Gasteiger partial charge in [0, 0.05) is 12.0 Å². The van der Waals surface area contributed by atoms with Crippen molar-refractivity contribution in [3.8, 4) is 0 Å². The van der Waals surface area contributed by atoms with Crippen molar-refractivity contribution in [2.75, 3.05) is 6.54 Å². The van der Waals surface area contributed by atoms with Gasteiger partial charge in [-0.05, 0) is 56.4 Å². The number of nitrogens with one attached hydrogen (secondary N) is 1. The first kappa shape index (κ1) is 15.4. The number of ketones is 1. The second-order valence-corrected chi connectivity index (χ2v) is 5.09. The molecule has 1 aromatic carbocycles. The van der Waals surface area contributed by atoms with Crippen LogP contribution < -0.4 is 5.32 Å². The minimum absolute atomic E-state index is 0.00810. The lowest BCUT2D eigenvalue weighted by Crippen LogP contribution is -2.30. The van der Waals surface area contributed by atoms with Crippen molar-refractivity contribution in [2.24, 2.45) is 0 Å². The molecule has 0 atom stereocenters. The summed E-state index contributed by atoms with van der Waals surface area (Å²) >= 11 is 0. The fraction of sp³-hybridized carbons (Fsp3) is 0.500. The average Bonchev–Trinajstić information content (AvgIpc) is 2.35. The Morgan fingerprint density at radius 1 is 1.05 bits per heavy atom. The first-order chi connectivity index (χ1) is 8.88. The molecule has 1 amide bonds. The summed E-state index contributed by atoms with van der Waals surface area (Å²) < 4.78 is 0. The first-order valence-electron chi connectivity index (χ1n) is 6.75. The maximum atomic E-state index is 12.3. The number of amides is 1. The van der Waals surface area contributed by atoms with Crippen molar-refractivity contribution in [1.82, 2.24) is 5.32 Å². The highest BCUT2D eigenvalue weighted by Crippen LogP contribution is 2.21. The number of hydrogen-bond donors (Lipinski definition) is 1. The van der Waals surface area contributed by atoms with Crippen LogP contribution in [0, 0.1) is 27.7 Å². The number of aryl methyl sites for hydroxylation is 2. The molecule has 1 N–H and O–H groups in total. The van der Waals surface area contributed by atoms with E-state index < -0.39 is 0 Å². The molecule has 0 aliphatic heterocycles. The molecule has 0 unspecified atom stereocenters. The molecule has 0 radical (unpaired) electrons. The summed E-state index contributed by atoms with van der Waals surface area (Å²) in [5, 5.41) is 2.69. The van der Waals surface area contributed by atoms with Crippen LogP contribution in [-0.4, -0.2) is 18.2 Å². The van der Waals surface area contributed by atoms with E-state index in [2.05, 4.69) is 11.4 Å². The van der Waals surface area contributed by atoms with Crippen molar-refractivity contribution in [3.05, 3.63) is 33.9 Å². The zero-order valence-electron chi connectivity index (χ0n) is 12.5. The lowest BCUT2D eigenvalue weighted by atomic mass is 9.91. The lowest BCUT2D eigenvalue weighted by Gasteiger charge is -2.14. The number of carbonyl (C=O) groups is 2. The zero-order chi connectivity index (χ0) is 14.6. The van der Waals surface area contributed by atoms with Crippen LogP contribution in [0.3, 0.4) is 0 Å². The Labute approximate surface area is 115 Å².